The van der Waals surface area contributed by atoms with E-state index >= 15 is 0 Å². The summed E-state index contributed by atoms with van der Waals surface area (Å²) >= 11 is 0. The first-order valence-corrected chi connectivity index (χ1v) is 9.37. The molecule has 3 aromatic rings. The van der Waals surface area contributed by atoms with Crippen molar-refractivity contribution in [3.05, 3.63) is 72.1 Å². The van der Waals surface area contributed by atoms with Gasteiger partial charge in [0.1, 0.15) is 12.2 Å². The van der Waals surface area contributed by atoms with Crippen molar-refractivity contribution in [2.75, 3.05) is 13.1 Å². The second-order valence-corrected chi connectivity index (χ2v) is 7.08. The maximum Gasteiger partial charge on any atom is 0.255 e. The van der Waals surface area contributed by atoms with Crippen LogP contribution >= 0.6 is 0 Å². The van der Waals surface area contributed by atoms with Gasteiger partial charge in [0.25, 0.3) is 5.91 Å². The van der Waals surface area contributed by atoms with E-state index in [2.05, 4.69) is 31.9 Å². The van der Waals surface area contributed by atoms with Crippen LogP contribution in [0.5, 0.6) is 0 Å². The Hall–Kier alpha value is -3.02. The maximum atomic E-state index is 12.6. The van der Waals surface area contributed by atoms with Crippen molar-refractivity contribution in [1.82, 2.24) is 24.6 Å². The van der Waals surface area contributed by atoms with Crippen molar-refractivity contribution in [3.8, 4) is 5.69 Å². The van der Waals surface area contributed by atoms with Gasteiger partial charge in [-0.1, -0.05) is 18.2 Å². The number of para-hydroxylation sites is 1. The molecule has 6 nitrogen and oxygen atoms in total. The number of hydrogen-bond donors (Lipinski definition) is 0. The number of carbonyl (C=O) groups excluding carboxylic acids is 1. The molecule has 4 rings (SSSR count). The van der Waals surface area contributed by atoms with Crippen molar-refractivity contribution in [2.24, 2.45) is 5.92 Å². The molecule has 0 radical (unpaired) electrons. The Labute approximate surface area is 158 Å². The van der Waals surface area contributed by atoms with Crippen LogP contribution in [0.3, 0.4) is 0 Å². The van der Waals surface area contributed by atoms with Crippen LogP contribution in [0.25, 0.3) is 5.69 Å². The predicted octanol–water partition coefficient (Wildman–Crippen LogP) is 3.07. The van der Waals surface area contributed by atoms with Crippen LogP contribution in [0, 0.1) is 12.8 Å². The summed E-state index contributed by atoms with van der Waals surface area (Å²) in [6.07, 6.45) is 6.28. The normalized spacial score (nSPS) is 15.1. The van der Waals surface area contributed by atoms with Crippen molar-refractivity contribution in [2.45, 2.75) is 26.2 Å². The minimum atomic E-state index is 0.0772. The molecule has 0 saturated carbocycles. The summed E-state index contributed by atoms with van der Waals surface area (Å²) < 4.78 is 2.05. The van der Waals surface area contributed by atoms with Gasteiger partial charge in [0, 0.05) is 37.1 Å². The van der Waals surface area contributed by atoms with Crippen LogP contribution in [0.1, 0.15) is 34.7 Å². The molecule has 0 aliphatic carbocycles. The van der Waals surface area contributed by atoms with E-state index in [4.69, 9.17) is 0 Å². The number of aromatic nitrogens is 4. The minimum absolute atomic E-state index is 0.0772. The lowest BCUT2D eigenvalue weighted by Gasteiger charge is -2.32. The van der Waals surface area contributed by atoms with Crippen molar-refractivity contribution in [3.63, 3.8) is 0 Å². The molecule has 1 aromatic carbocycles. The number of aryl methyl sites for hydroxylation is 1. The summed E-state index contributed by atoms with van der Waals surface area (Å²) in [6, 6.07) is 13.9. The Morgan fingerprint density at radius 1 is 1.11 bits per heavy atom. The van der Waals surface area contributed by atoms with Crippen LogP contribution in [0.15, 0.2) is 55.0 Å². The molecule has 6 heteroatoms. The fourth-order valence-corrected chi connectivity index (χ4v) is 3.58. The van der Waals surface area contributed by atoms with E-state index in [0.29, 0.717) is 11.5 Å². The van der Waals surface area contributed by atoms with Crippen LogP contribution in [0.2, 0.25) is 0 Å². The Morgan fingerprint density at radius 3 is 2.59 bits per heavy atom. The van der Waals surface area contributed by atoms with Gasteiger partial charge in [-0.3, -0.25) is 14.3 Å². The van der Waals surface area contributed by atoms with E-state index in [1.54, 1.807) is 12.5 Å². The monoisotopic (exact) mass is 361 g/mol. The van der Waals surface area contributed by atoms with Crippen LogP contribution in [-0.2, 0) is 6.42 Å². The predicted molar refractivity (Wildman–Crippen MR) is 103 cm³/mol. The quantitative estimate of drug-likeness (QED) is 0.716. The number of likely N-dealkylation sites (tertiary alicyclic amines) is 1. The molecule has 3 heterocycles. The largest absolute Gasteiger partial charge is 0.339 e. The molecule has 1 fully saturated rings. The number of piperidine rings is 1. The molecule has 1 aliphatic heterocycles. The molecule has 2 aromatic heterocycles. The van der Waals surface area contributed by atoms with E-state index in [-0.39, 0.29) is 5.91 Å². The highest BCUT2D eigenvalue weighted by Gasteiger charge is 2.25. The lowest BCUT2D eigenvalue weighted by Crippen LogP contribution is -2.39. The highest BCUT2D eigenvalue weighted by atomic mass is 16.2. The number of hydrogen-bond acceptors (Lipinski definition) is 4. The Balaban J connectivity index is 1.37. The zero-order chi connectivity index (χ0) is 18.6. The van der Waals surface area contributed by atoms with Crippen molar-refractivity contribution < 1.29 is 4.79 Å². The average molecular weight is 361 g/mol. The average Bonchev–Trinajstić information content (AvgIpc) is 3.17. The number of rotatable bonds is 4. The van der Waals surface area contributed by atoms with E-state index in [0.717, 1.165) is 49.6 Å². The summed E-state index contributed by atoms with van der Waals surface area (Å²) in [5.41, 5.74) is 2.67. The van der Waals surface area contributed by atoms with Gasteiger partial charge >= 0.3 is 0 Å². The third-order valence-electron chi connectivity index (χ3n) is 5.18. The fourth-order valence-electron chi connectivity index (χ4n) is 3.58. The van der Waals surface area contributed by atoms with Crippen molar-refractivity contribution >= 4 is 5.91 Å². The molecular formula is C21H23N5O. The molecule has 138 valence electrons. The third-order valence-corrected chi connectivity index (χ3v) is 5.18. The summed E-state index contributed by atoms with van der Waals surface area (Å²) in [5, 5.41) is 8.42. The molecule has 1 aliphatic rings. The SMILES string of the molecule is Cc1ccc(C(=O)N2CCC(Cc3nncn3-c3ccccc3)CC2)cn1. The first kappa shape index (κ1) is 17.4. The van der Waals surface area contributed by atoms with Gasteiger partial charge in [0.2, 0.25) is 0 Å². The summed E-state index contributed by atoms with van der Waals surface area (Å²) in [7, 11) is 0. The van der Waals surface area contributed by atoms with Crippen LogP contribution < -0.4 is 0 Å². The smallest absolute Gasteiger partial charge is 0.255 e. The minimum Gasteiger partial charge on any atom is -0.339 e. The molecule has 0 spiro atoms. The fraction of sp³-hybridized carbons (Fsp3) is 0.333. The van der Waals surface area contributed by atoms with Crippen molar-refractivity contribution in [1.29, 1.82) is 0 Å². The number of pyridine rings is 1. The third kappa shape index (κ3) is 3.89. The zero-order valence-corrected chi connectivity index (χ0v) is 15.5. The van der Waals surface area contributed by atoms with Gasteiger partial charge in [-0.25, -0.2) is 0 Å². The van der Waals surface area contributed by atoms with Crippen LogP contribution in [0.4, 0.5) is 0 Å². The van der Waals surface area contributed by atoms with Gasteiger partial charge in [-0.15, -0.1) is 10.2 Å². The molecule has 0 atom stereocenters. The molecule has 0 unspecified atom stereocenters. The van der Waals surface area contributed by atoms with E-state index in [1.165, 1.54) is 0 Å². The molecule has 0 N–H and O–H groups in total. The molecule has 1 amide bonds. The number of nitrogens with zero attached hydrogens (tertiary/aromatic N) is 5. The number of amides is 1. The van der Waals surface area contributed by atoms with Gasteiger partial charge < -0.3 is 4.90 Å². The summed E-state index contributed by atoms with van der Waals surface area (Å²) in [5.74, 6) is 1.57. The highest BCUT2D eigenvalue weighted by molar-refractivity contribution is 5.93. The summed E-state index contributed by atoms with van der Waals surface area (Å²) in [4.78, 5) is 18.8. The van der Waals surface area contributed by atoms with E-state index < -0.39 is 0 Å². The van der Waals surface area contributed by atoms with E-state index in [1.807, 2.05) is 42.2 Å². The Bertz CT molecular complexity index is 896. The van der Waals surface area contributed by atoms with Crippen LogP contribution in [-0.4, -0.2) is 43.6 Å². The number of carbonyl (C=O) groups is 1. The topological polar surface area (TPSA) is 63.9 Å². The standard InChI is InChI=1S/C21H23N5O/c1-16-7-8-18(14-22-16)21(27)25-11-9-17(10-12-25)13-20-24-23-15-26(20)19-5-3-2-4-6-19/h2-8,14-15,17H,9-13H2,1H3. The van der Waals surface area contributed by atoms with Gasteiger partial charge in [-0.05, 0) is 49.9 Å². The highest BCUT2D eigenvalue weighted by Crippen LogP contribution is 2.23. The van der Waals surface area contributed by atoms with E-state index in [9.17, 15) is 4.79 Å². The number of benzene rings is 1. The summed E-state index contributed by atoms with van der Waals surface area (Å²) in [6.45, 7) is 3.47. The Morgan fingerprint density at radius 2 is 1.89 bits per heavy atom. The van der Waals surface area contributed by atoms with Gasteiger partial charge in [0.15, 0.2) is 0 Å². The second-order valence-electron chi connectivity index (χ2n) is 7.08. The lowest BCUT2D eigenvalue weighted by atomic mass is 9.93. The maximum absolute atomic E-state index is 12.6. The first-order valence-electron chi connectivity index (χ1n) is 9.37. The second kappa shape index (κ2) is 7.70. The first-order chi connectivity index (χ1) is 13.2. The lowest BCUT2D eigenvalue weighted by molar-refractivity contribution is 0.0689. The zero-order valence-electron chi connectivity index (χ0n) is 15.5. The molecule has 1 saturated heterocycles. The molecule has 0 bridgehead atoms. The Kier molecular flexibility index (Phi) is 4.96. The van der Waals surface area contributed by atoms with Gasteiger partial charge in [0.05, 0.1) is 5.56 Å². The molecular weight excluding hydrogens is 338 g/mol. The van der Waals surface area contributed by atoms with Gasteiger partial charge in [-0.2, -0.15) is 0 Å². The molecule has 27 heavy (non-hydrogen) atoms.